The highest BCUT2D eigenvalue weighted by Crippen LogP contribution is 2.60. The second kappa shape index (κ2) is 10.3. The van der Waals surface area contributed by atoms with Gasteiger partial charge in [-0.2, -0.15) is 0 Å². The minimum atomic E-state index is -1.21. The second-order valence-corrected chi connectivity index (χ2v) is 12.5. The third-order valence-corrected chi connectivity index (χ3v) is 9.50. The third-order valence-electron chi connectivity index (χ3n) is 8.65. The standard InChI is InChI=1S/C31H32BrN3O5/c1-17(2)23(16-36)35-27(29(38)34-21-13-12-18-8-6-7-9-19(18)14-21)31-15-22(32)26(40-31)24(25(31)30(35)39)28(37)33-20-10-4-3-5-11-20/h3-14,17,22-27,36H,15-16H2,1-2H3,(H,33,37)(H,34,38)/t22?,23-,24+,25-,26+,27?,31?/m0/s1. The first kappa shape index (κ1) is 26.9. The summed E-state index contributed by atoms with van der Waals surface area (Å²) in [6, 6.07) is 21.0. The summed E-state index contributed by atoms with van der Waals surface area (Å²) in [5, 5.41) is 18.4. The van der Waals surface area contributed by atoms with E-state index in [-0.39, 0.29) is 29.2 Å². The molecule has 6 rings (SSSR count). The number of benzene rings is 3. The first-order chi connectivity index (χ1) is 19.2. The number of amides is 3. The van der Waals surface area contributed by atoms with Crippen LogP contribution in [0.4, 0.5) is 11.4 Å². The summed E-state index contributed by atoms with van der Waals surface area (Å²) < 4.78 is 6.57. The van der Waals surface area contributed by atoms with E-state index < -0.39 is 41.5 Å². The average Bonchev–Trinajstić information content (AvgIpc) is 3.53. The van der Waals surface area contributed by atoms with Crippen LogP contribution in [0, 0.1) is 17.8 Å². The number of aliphatic hydroxyl groups excluding tert-OH is 1. The zero-order valence-electron chi connectivity index (χ0n) is 22.3. The van der Waals surface area contributed by atoms with E-state index in [2.05, 4.69) is 26.6 Å². The summed E-state index contributed by atoms with van der Waals surface area (Å²) in [7, 11) is 0. The number of rotatable bonds is 7. The summed E-state index contributed by atoms with van der Waals surface area (Å²) in [5.74, 6) is -2.82. The number of nitrogens with zero attached hydrogens (tertiary/aromatic N) is 1. The lowest BCUT2D eigenvalue weighted by molar-refractivity contribution is -0.144. The Morgan fingerprint density at radius 1 is 1.00 bits per heavy atom. The molecule has 1 spiro atoms. The molecule has 9 heteroatoms. The highest BCUT2D eigenvalue weighted by atomic mass is 79.9. The number of anilines is 2. The fourth-order valence-electron chi connectivity index (χ4n) is 6.87. The molecule has 40 heavy (non-hydrogen) atoms. The van der Waals surface area contributed by atoms with E-state index in [1.807, 2.05) is 74.5 Å². The molecule has 7 atom stereocenters. The normalized spacial score (nSPS) is 29.6. The molecule has 3 aliphatic heterocycles. The summed E-state index contributed by atoms with van der Waals surface area (Å²) in [5.41, 5.74) is 0.0128. The molecule has 3 amide bonds. The van der Waals surface area contributed by atoms with Gasteiger partial charge in [0.05, 0.1) is 30.6 Å². The molecule has 3 unspecified atom stereocenters. The largest absolute Gasteiger partial charge is 0.394 e. The van der Waals surface area contributed by atoms with Crippen LogP contribution in [0.5, 0.6) is 0 Å². The van der Waals surface area contributed by atoms with Crippen molar-refractivity contribution >= 4 is 55.8 Å². The monoisotopic (exact) mass is 605 g/mol. The van der Waals surface area contributed by atoms with Crippen LogP contribution in [0.3, 0.4) is 0 Å². The number of hydrogen-bond acceptors (Lipinski definition) is 5. The van der Waals surface area contributed by atoms with Crippen LogP contribution in [-0.4, -0.2) is 63.0 Å². The van der Waals surface area contributed by atoms with Gasteiger partial charge in [-0.05, 0) is 47.4 Å². The molecular weight excluding hydrogens is 574 g/mol. The Kier molecular flexibility index (Phi) is 6.92. The number of para-hydroxylation sites is 1. The van der Waals surface area contributed by atoms with E-state index in [1.165, 1.54) is 4.90 Å². The molecule has 208 valence electrons. The molecular formula is C31H32BrN3O5. The van der Waals surface area contributed by atoms with Gasteiger partial charge in [0.15, 0.2) is 0 Å². The zero-order chi connectivity index (χ0) is 28.2. The quantitative estimate of drug-likeness (QED) is 0.350. The van der Waals surface area contributed by atoms with Crippen molar-refractivity contribution in [3.63, 3.8) is 0 Å². The van der Waals surface area contributed by atoms with Crippen LogP contribution in [-0.2, 0) is 19.1 Å². The van der Waals surface area contributed by atoms with Gasteiger partial charge in [0.1, 0.15) is 11.6 Å². The Labute approximate surface area is 241 Å². The Balaban J connectivity index is 1.38. The van der Waals surface area contributed by atoms with Crippen LogP contribution in [0.25, 0.3) is 10.8 Å². The first-order valence-corrected chi connectivity index (χ1v) is 14.6. The lowest BCUT2D eigenvalue weighted by Crippen LogP contribution is -2.57. The minimum Gasteiger partial charge on any atom is -0.394 e. The number of alkyl halides is 1. The maximum Gasteiger partial charge on any atom is 0.250 e. The summed E-state index contributed by atoms with van der Waals surface area (Å²) >= 11 is 3.70. The Hall–Kier alpha value is -3.27. The highest BCUT2D eigenvalue weighted by Gasteiger charge is 2.77. The van der Waals surface area contributed by atoms with Crippen molar-refractivity contribution in [2.24, 2.45) is 17.8 Å². The Morgan fingerprint density at radius 3 is 2.38 bits per heavy atom. The SMILES string of the molecule is CC(C)[C@H](CO)N1C(=O)[C@@H]2[C@@H](C(=O)Nc3ccccc3)[C@@H]3OC2(CC3Br)C1C(=O)Nc1ccc2ccccc2c1. The minimum absolute atomic E-state index is 0.131. The zero-order valence-corrected chi connectivity index (χ0v) is 23.9. The van der Waals surface area contributed by atoms with E-state index in [0.717, 1.165) is 10.8 Å². The molecule has 3 aromatic carbocycles. The molecule has 3 fully saturated rings. The van der Waals surface area contributed by atoms with Crippen molar-refractivity contribution < 1.29 is 24.2 Å². The van der Waals surface area contributed by atoms with Crippen molar-refractivity contribution in [2.45, 2.75) is 48.9 Å². The van der Waals surface area contributed by atoms with Crippen LogP contribution in [0.1, 0.15) is 20.3 Å². The molecule has 0 radical (unpaired) electrons. The molecule has 8 nitrogen and oxygen atoms in total. The number of carbonyl (C=O) groups excluding carboxylic acids is 3. The number of halogens is 1. The maximum absolute atomic E-state index is 14.3. The molecule has 3 aromatic rings. The van der Waals surface area contributed by atoms with Crippen molar-refractivity contribution in [1.29, 1.82) is 0 Å². The van der Waals surface area contributed by atoms with Crippen molar-refractivity contribution in [3.05, 3.63) is 72.8 Å². The third kappa shape index (κ3) is 4.22. The molecule has 0 aliphatic carbocycles. The second-order valence-electron chi connectivity index (χ2n) is 11.3. The predicted molar refractivity (Wildman–Crippen MR) is 156 cm³/mol. The molecule has 3 saturated heterocycles. The van der Waals surface area contributed by atoms with Crippen molar-refractivity contribution in [2.75, 3.05) is 17.2 Å². The van der Waals surface area contributed by atoms with Crippen LogP contribution >= 0.6 is 15.9 Å². The maximum atomic E-state index is 14.3. The topological polar surface area (TPSA) is 108 Å². The van der Waals surface area contributed by atoms with Gasteiger partial charge in [0.25, 0.3) is 0 Å². The van der Waals surface area contributed by atoms with Crippen LogP contribution in [0.15, 0.2) is 72.8 Å². The Morgan fingerprint density at radius 2 is 1.68 bits per heavy atom. The van der Waals surface area contributed by atoms with E-state index in [0.29, 0.717) is 17.8 Å². The van der Waals surface area contributed by atoms with Gasteiger partial charge < -0.3 is 25.4 Å². The number of aliphatic hydroxyl groups is 1. The number of nitrogens with one attached hydrogen (secondary N) is 2. The number of likely N-dealkylation sites (tertiary alicyclic amines) is 1. The van der Waals surface area contributed by atoms with Crippen molar-refractivity contribution in [3.8, 4) is 0 Å². The van der Waals surface area contributed by atoms with Crippen LogP contribution in [0.2, 0.25) is 0 Å². The van der Waals surface area contributed by atoms with E-state index in [4.69, 9.17) is 4.74 Å². The Bertz CT molecular complexity index is 1470. The number of fused-ring (bicyclic) bond motifs is 2. The van der Waals surface area contributed by atoms with Gasteiger partial charge >= 0.3 is 0 Å². The summed E-state index contributed by atoms with van der Waals surface area (Å²) in [6.45, 7) is 3.50. The molecule has 3 heterocycles. The highest BCUT2D eigenvalue weighted by molar-refractivity contribution is 9.09. The van der Waals surface area contributed by atoms with Crippen molar-refractivity contribution in [1.82, 2.24) is 4.90 Å². The van der Waals surface area contributed by atoms with E-state index in [9.17, 15) is 19.5 Å². The van der Waals surface area contributed by atoms with Crippen LogP contribution < -0.4 is 10.6 Å². The fraction of sp³-hybridized carbons (Fsp3) is 0.387. The van der Waals surface area contributed by atoms with Gasteiger partial charge in [-0.1, -0.05) is 78.3 Å². The van der Waals surface area contributed by atoms with Gasteiger partial charge in [-0.3, -0.25) is 14.4 Å². The molecule has 0 saturated carbocycles. The van der Waals surface area contributed by atoms with E-state index in [1.54, 1.807) is 12.1 Å². The number of hydrogen-bond donors (Lipinski definition) is 3. The first-order valence-electron chi connectivity index (χ1n) is 13.7. The molecule has 3 N–H and O–H groups in total. The summed E-state index contributed by atoms with van der Waals surface area (Å²) in [4.78, 5) is 43.4. The summed E-state index contributed by atoms with van der Waals surface area (Å²) in [6.07, 6.45) is -0.173. The predicted octanol–water partition coefficient (Wildman–Crippen LogP) is 4.18. The fourth-order valence-corrected chi connectivity index (χ4v) is 7.81. The lowest BCUT2D eigenvalue weighted by Gasteiger charge is -2.38. The molecule has 3 aliphatic rings. The van der Waals surface area contributed by atoms with Gasteiger partial charge in [-0.15, -0.1) is 0 Å². The molecule has 2 bridgehead atoms. The number of carbonyl (C=O) groups is 3. The van der Waals surface area contributed by atoms with E-state index >= 15 is 0 Å². The van der Waals surface area contributed by atoms with Gasteiger partial charge in [0, 0.05) is 16.2 Å². The average molecular weight is 607 g/mol. The van der Waals surface area contributed by atoms with Gasteiger partial charge in [-0.25, -0.2) is 0 Å². The van der Waals surface area contributed by atoms with Gasteiger partial charge in [0.2, 0.25) is 17.7 Å². The smallest absolute Gasteiger partial charge is 0.250 e. The number of ether oxygens (including phenoxy) is 1. The lowest BCUT2D eigenvalue weighted by atomic mass is 9.70. The molecule has 0 aromatic heterocycles.